The van der Waals surface area contributed by atoms with Crippen molar-refractivity contribution in [1.29, 1.82) is 5.41 Å². The van der Waals surface area contributed by atoms with Crippen molar-refractivity contribution in [2.75, 3.05) is 0 Å². The van der Waals surface area contributed by atoms with E-state index in [1.807, 2.05) is 0 Å². The van der Waals surface area contributed by atoms with E-state index in [4.69, 9.17) is 15.9 Å². The molecule has 0 fully saturated rings. The SMILES string of the molecule is Cl.N=C(N)c1ccc(OCc2cccc([N+](=O)[O-])c2)c(F)c1. The van der Waals surface area contributed by atoms with E-state index in [1.165, 1.54) is 30.3 Å². The average molecular weight is 326 g/mol. The molecule has 0 aromatic heterocycles. The van der Waals surface area contributed by atoms with E-state index in [-0.39, 0.29) is 41.8 Å². The van der Waals surface area contributed by atoms with Gasteiger partial charge in [0, 0.05) is 17.7 Å². The van der Waals surface area contributed by atoms with Gasteiger partial charge in [0.05, 0.1) is 4.92 Å². The molecule has 0 aliphatic carbocycles. The zero-order valence-electron chi connectivity index (χ0n) is 11.3. The number of nitrogens with two attached hydrogens (primary N) is 1. The predicted molar refractivity (Wildman–Crippen MR) is 82.1 cm³/mol. The number of hydrogen-bond donors (Lipinski definition) is 2. The van der Waals surface area contributed by atoms with Crippen molar-refractivity contribution < 1.29 is 14.1 Å². The Balaban J connectivity index is 0.00000242. The first-order valence-corrected chi connectivity index (χ1v) is 5.97. The third kappa shape index (κ3) is 4.16. The summed E-state index contributed by atoms with van der Waals surface area (Å²) >= 11 is 0. The van der Waals surface area contributed by atoms with Crippen molar-refractivity contribution in [2.45, 2.75) is 6.61 Å². The molecule has 0 radical (unpaired) electrons. The molecule has 2 aromatic carbocycles. The first-order chi connectivity index (χ1) is 9.97. The summed E-state index contributed by atoms with van der Waals surface area (Å²) in [4.78, 5) is 10.1. The van der Waals surface area contributed by atoms with Gasteiger partial charge in [0.1, 0.15) is 12.4 Å². The minimum absolute atomic E-state index is 0. The molecule has 0 atom stereocenters. The van der Waals surface area contributed by atoms with Gasteiger partial charge in [0.25, 0.3) is 5.69 Å². The van der Waals surface area contributed by atoms with Crippen molar-refractivity contribution in [1.82, 2.24) is 0 Å². The summed E-state index contributed by atoms with van der Waals surface area (Å²) in [6.07, 6.45) is 0. The van der Waals surface area contributed by atoms with Gasteiger partial charge in [-0.15, -0.1) is 12.4 Å². The number of nitrogen functional groups attached to an aromatic ring is 1. The Morgan fingerprint density at radius 1 is 1.32 bits per heavy atom. The fourth-order valence-electron chi connectivity index (χ4n) is 1.71. The van der Waals surface area contributed by atoms with Gasteiger partial charge in [0.2, 0.25) is 0 Å². The molecular formula is C14H13ClFN3O3. The molecule has 0 amide bonds. The fourth-order valence-corrected chi connectivity index (χ4v) is 1.71. The number of nitro benzene ring substituents is 1. The van der Waals surface area contributed by atoms with E-state index < -0.39 is 10.7 Å². The Labute approximate surface area is 131 Å². The number of hydrogen-bond acceptors (Lipinski definition) is 4. The molecule has 8 heteroatoms. The highest BCUT2D eigenvalue weighted by Crippen LogP contribution is 2.20. The second-order valence-electron chi connectivity index (χ2n) is 4.27. The smallest absolute Gasteiger partial charge is 0.269 e. The molecule has 2 rings (SSSR count). The number of nitrogens with one attached hydrogen (secondary N) is 1. The summed E-state index contributed by atoms with van der Waals surface area (Å²) in [6.45, 7) is -0.00197. The molecule has 0 saturated carbocycles. The molecule has 0 saturated heterocycles. The van der Waals surface area contributed by atoms with Gasteiger partial charge in [-0.2, -0.15) is 0 Å². The normalized spacial score (nSPS) is 9.68. The van der Waals surface area contributed by atoms with E-state index in [0.29, 0.717) is 5.56 Å². The summed E-state index contributed by atoms with van der Waals surface area (Å²) in [6, 6.07) is 9.84. The molecule has 2 aromatic rings. The quantitative estimate of drug-likeness (QED) is 0.382. The van der Waals surface area contributed by atoms with Crippen LogP contribution >= 0.6 is 12.4 Å². The van der Waals surface area contributed by atoms with Crippen LogP contribution < -0.4 is 10.5 Å². The van der Waals surface area contributed by atoms with Gasteiger partial charge in [-0.25, -0.2) is 4.39 Å². The highest BCUT2D eigenvalue weighted by Gasteiger charge is 2.09. The number of nitrogens with zero attached hydrogens (tertiary/aromatic N) is 1. The van der Waals surface area contributed by atoms with Crippen molar-refractivity contribution in [2.24, 2.45) is 5.73 Å². The Morgan fingerprint density at radius 2 is 2.05 bits per heavy atom. The van der Waals surface area contributed by atoms with E-state index in [1.54, 1.807) is 6.07 Å². The van der Waals surface area contributed by atoms with E-state index in [0.717, 1.165) is 6.07 Å². The number of rotatable bonds is 5. The summed E-state index contributed by atoms with van der Waals surface area (Å²) < 4.78 is 19.0. The zero-order valence-corrected chi connectivity index (χ0v) is 12.1. The van der Waals surface area contributed by atoms with Gasteiger partial charge in [-0.05, 0) is 23.8 Å². The van der Waals surface area contributed by atoms with Gasteiger partial charge in [-0.3, -0.25) is 15.5 Å². The van der Waals surface area contributed by atoms with Crippen LogP contribution in [0.4, 0.5) is 10.1 Å². The second kappa shape index (κ2) is 7.37. The highest BCUT2D eigenvalue weighted by atomic mass is 35.5. The lowest BCUT2D eigenvalue weighted by atomic mass is 10.2. The Morgan fingerprint density at radius 3 is 2.64 bits per heavy atom. The average Bonchev–Trinajstić information content (AvgIpc) is 2.46. The van der Waals surface area contributed by atoms with Crippen molar-refractivity contribution in [3.05, 3.63) is 69.5 Å². The van der Waals surface area contributed by atoms with E-state index in [2.05, 4.69) is 0 Å². The zero-order chi connectivity index (χ0) is 15.4. The maximum absolute atomic E-state index is 13.7. The lowest BCUT2D eigenvalue weighted by molar-refractivity contribution is -0.384. The first-order valence-electron chi connectivity index (χ1n) is 5.97. The largest absolute Gasteiger partial charge is 0.486 e. The van der Waals surface area contributed by atoms with Crippen LogP contribution in [0.5, 0.6) is 5.75 Å². The second-order valence-corrected chi connectivity index (χ2v) is 4.27. The van der Waals surface area contributed by atoms with Gasteiger partial charge >= 0.3 is 0 Å². The van der Waals surface area contributed by atoms with Crippen LogP contribution in [0.2, 0.25) is 0 Å². The minimum atomic E-state index is -0.645. The molecule has 0 aliphatic rings. The number of non-ortho nitro benzene ring substituents is 1. The number of benzene rings is 2. The van der Waals surface area contributed by atoms with Crippen LogP contribution in [0, 0.1) is 21.3 Å². The number of amidine groups is 1. The number of halogens is 2. The molecule has 0 heterocycles. The van der Waals surface area contributed by atoms with Crippen molar-refractivity contribution in [3.63, 3.8) is 0 Å². The maximum atomic E-state index is 13.7. The van der Waals surface area contributed by atoms with E-state index >= 15 is 0 Å². The molecule has 0 unspecified atom stereocenters. The van der Waals surface area contributed by atoms with Gasteiger partial charge < -0.3 is 10.5 Å². The molecule has 0 spiro atoms. The monoisotopic (exact) mass is 325 g/mol. The summed E-state index contributed by atoms with van der Waals surface area (Å²) in [5, 5.41) is 17.9. The molecular weight excluding hydrogens is 313 g/mol. The lowest BCUT2D eigenvalue weighted by Crippen LogP contribution is -2.11. The van der Waals surface area contributed by atoms with Gasteiger partial charge in [-0.1, -0.05) is 12.1 Å². The minimum Gasteiger partial charge on any atom is -0.486 e. The Hall–Kier alpha value is -2.67. The van der Waals surface area contributed by atoms with Crippen molar-refractivity contribution >= 4 is 23.9 Å². The van der Waals surface area contributed by atoms with Crippen LogP contribution in [0.3, 0.4) is 0 Å². The maximum Gasteiger partial charge on any atom is 0.269 e. The molecule has 6 nitrogen and oxygen atoms in total. The van der Waals surface area contributed by atoms with Crippen LogP contribution in [-0.2, 0) is 6.61 Å². The van der Waals surface area contributed by atoms with Gasteiger partial charge in [0.15, 0.2) is 11.6 Å². The predicted octanol–water partition coefficient (Wildman–Crippen LogP) is 3.02. The third-order valence-electron chi connectivity index (χ3n) is 2.76. The fraction of sp³-hybridized carbons (Fsp3) is 0.0714. The standard InChI is InChI=1S/C14H12FN3O3.ClH/c15-12-7-10(14(16)17)4-5-13(12)21-8-9-2-1-3-11(6-9)18(19)20;/h1-7H,8H2,(H3,16,17);1H. The Kier molecular flexibility index (Phi) is 5.82. The molecule has 116 valence electrons. The number of ether oxygens (including phenoxy) is 1. The summed E-state index contributed by atoms with van der Waals surface area (Å²) in [5.41, 5.74) is 6.02. The lowest BCUT2D eigenvalue weighted by Gasteiger charge is -2.08. The third-order valence-corrected chi connectivity index (χ3v) is 2.76. The first kappa shape index (κ1) is 17.4. The molecule has 0 bridgehead atoms. The summed E-state index contributed by atoms with van der Waals surface area (Å²) in [5.74, 6) is -0.890. The van der Waals surface area contributed by atoms with Crippen LogP contribution in [0.25, 0.3) is 0 Å². The van der Waals surface area contributed by atoms with E-state index in [9.17, 15) is 14.5 Å². The Bertz CT molecular complexity index is 709. The van der Waals surface area contributed by atoms with Crippen LogP contribution in [0.15, 0.2) is 42.5 Å². The number of nitro groups is 1. The topological polar surface area (TPSA) is 102 Å². The molecule has 22 heavy (non-hydrogen) atoms. The van der Waals surface area contributed by atoms with Crippen LogP contribution in [-0.4, -0.2) is 10.8 Å². The molecule has 0 aliphatic heterocycles. The highest BCUT2D eigenvalue weighted by molar-refractivity contribution is 5.95. The van der Waals surface area contributed by atoms with Crippen LogP contribution in [0.1, 0.15) is 11.1 Å². The summed E-state index contributed by atoms with van der Waals surface area (Å²) in [7, 11) is 0. The molecule has 3 N–H and O–H groups in total. The van der Waals surface area contributed by atoms with Crippen molar-refractivity contribution in [3.8, 4) is 5.75 Å².